The summed E-state index contributed by atoms with van der Waals surface area (Å²) in [6.07, 6.45) is -0.0343. The van der Waals surface area contributed by atoms with Crippen LogP contribution >= 0.6 is 0 Å². The molecule has 0 radical (unpaired) electrons. The highest BCUT2D eigenvalue weighted by molar-refractivity contribution is 7.89. The molecular weight excluding hydrogens is 382 g/mol. The van der Waals surface area contributed by atoms with Gasteiger partial charge < -0.3 is 15.4 Å². The van der Waals surface area contributed by atoms with Crippen LogP contribution in [0.25, 0.3) is 0 Å². The van der Waals surface area contributed by atoms with E-state index in [9.17, 15) is 18.0 Å². The van der Waals surface area contributed by atoms with Gasteiger partial charge in [0.2, 0.25) is 15.9 Å². The summed E-state index contributed by atoms with van der Waals surface area (Å²) in [4.78, 5) is 23.6. The standard InChI is InChI=1S/C19H23N3O5S/c1-3-27-16-8-10-17(11-9-16)28(25,26)21-13-12-18(23)22-15-6-4-14(5-7-15)19(24)20-2/h4-11,21H,3,12-13H2,1-2H3,(H,20,24)(H,22,23). The van der Waals surface area contributed by atoms with E-state index in [2.05, 4.69) is 15.4 Å². The normalized spacial score (nSPS) is 10.9. The first-order valence-corrected chi connectivity index (χ1v) is 10.2. The van der Waals surface area contributed by atoms with E-state index in [1.165, 1.54) is 19.2 Å². The van der Waals surface area contributed by atoms with Gasteiger partial charge in [0, 0.05) is 31.3 Å². The summed E-state index contributed by atoms with van der Waals surface area (Å²) < 4.78 is 32.2. The van der Waals surface area contributed by atoms with Crippen molar-refractivity contribution in [3.63, 3.8) is 0 Å². The van der Waals surface area contributed by atoms with Crippen LogP contribution in [-0.4, -0.2) is 40.4 Å². The summed E-state index contributed by atoms with van der Waals surface area (Å²) in [7, 11) is -2.17. The van der Waals surface area contributed by atoms with Crippen LogP contribution in [0.1, 0.15) is 23.7 Å². The number of ether oxygens (including phenoxy) is 1. The van der Waals surface area contributed by atoms with Crippen molar-refractivity contribution >= 4 is 27.5 Å². The third-order valence-electron chi connectivity index (χ3n) is 3.75. The van der Waals surface area contributed by atoms with Crippen LogP contribution in [0.4, 0.5) is 5.69 Å². The lowest BCUT2D eigenvalue weighted by Gasteiger charge is -2.09. The Morgan fingerprint density at radius 1 is 1.00 bits per heavy atom. The average Bonchev–Trinajstić information content (AvgIpc) is 2.68. The zero-order valence-corrected chi connectivity index (χ0v) is 16.5. The van der Waals surface area contributed by atoms with Crippen molar-refractivity contribution in [2.75, 3.05) is 25.5 Å². The molecule has 0 bridgehead atoms. The molecule has 150 valence electrons. The van der Waals surface area contributed by atoms with Crippen molar-refractivity contribution < 1.29 is 22.7 Å². The first-order valence-electron chi connectivity index (χ1n) is 8.70. The van der Waals surface area contributed by atoms with E-state index >= 15 is 0 Å². The monoisotopic (exact) mass is 405 g/mol. The van der Waals surface area contributed by atoms with Crippen LogP contribution in [0.2, 0.25) is 0 Å². The molecule has 0 heterocycles. The second kappa shape index (κ2) is 9.86. The van der Waals surface area contributed by atoms with Gasteiger partial charge in [-0.15, -0.1) is 0 Å². The zero-order valence-electron chi connectivity index (χ0n) is 15.7. The minimum Gasteiger partial charge on any atom is -0.494 e. The van der Waals surface area contributed by atoms with Crippen LogP contribution in [0.5, 0.6) is 5.75 Å². The Labute approximate surface area is 164 Å². The summed E-state index contributed by atoms with van der Waals surface area (Å²) in [5, 5.41) is 5.16. The SMILES string of the molecule is CCOc1ccc(S(=O)(=O)NCCC(=O)Nc2ccc(C(=O)NC)cc2)cc1. The summed E-state index contributed by atoms with van der Waals surface area (Å²) in [6.45, 7) is 2.29. The molecule has 2 rings (SSSR count). The minimum atomic E-state index is -3.71. The summed E-state index contributed by atoms with van der Waals surface area (Å²) >= 11 is 0. The molecule has 0 saturated heterocycles. The third kappa shape index (κ3) is 6.07. The number of sulfonamides is 1. The van der Waals surface area contributed by atoms with Gasteiger partial charge in [0.15, 0.2) is 0 Å². The van der Waals surface area contributed by atoms with E-state index in [1.54, 1.807) is 36.4 Å². The van der Waals surface area contributed by atoms with Gasteiger partial charge in [0.25, 0.3) is 5.91 Å². The number of carbonyl (C=O) groups is 2. The molecule has 0 atom stereocenters. The molecule has 2 aromatic carbocycles. The van der Waals surface area contributed by atoms with Gasteiger partial charge >= 0.3 is 0 Å². The Morgan fingerprint density at radius 3 is 2.21 bits per heavy atom. The van der Waals surface area contributed by atoms with Gasteiger partial charge in [-0.05, 0) is 55.5 Å². The van der Waals surface area contributed by atoms with E-state index in [1.807, 2.05) is 6.92 Å². The molecule has 0 aliphatic carbocycles. The molecule has 0 saturated carbocycles. The largest absolute Gasteiger partial charge is 0.494 e. The van der Waals surface area contributed by atoms with Gasteiger partial charge in [-0.2, -0.15) is 0 Å². The lowest BCUT2D eigenvalue weighted by atomic mass is 10.2. The maximum absolute atomic E-state index is 12.2. The molecule has 28 heavy (non-hydrogen) atoms. The molecule has 2 amide bonds. The molecule has 0 aliphatic heterocycles. The van der Waals surface area contributed by atoms with Gasteiger partial charge in [0.05, 0.1) is 11.5 Å². The molecule has 2 aromatic rings. The summed E-state index contributed by atoms with van der Waals surface area (Å²) in [5.74, 6) is 0.0203. The second-order valence-electron chi connectivity index (χ2n) is 5.76. The quantitative estimate of drug-likeness (QED) is 0.588. The number of nitrogens with one attached hydrogen (secondary N) is 3. The highest BCUT2D eigenvalue weighted by atomic mass is 32.2. The molecule has 0 fully saturated rings. The Hall–Kier alpha value is -2.91. The number of anilines is 1. The van der Waals surface area contributed by atoms with Crippen molar-refractivity contribution in [1.82, 2.24) is 10.0 Å². The maximum atomic E-state index is 12.2. The molecule has 8 nitrogen and oxygen atoms in total. The molecule has 3 N–H and O–H groups in total. The van der Waals surface area contributed by atoms with Crippen molar-refractivity contribution in [2.45, 2.75) is 18.2 Å². The molecule has 0 aromatic heterocycles. The van der Waals surface area contributed by atoms with Gasteiger partial charge in [0.1, 0.15) is 5.75 Å². The smallest absolute Gasteiger partial charge is 0.251 e. The Morgan fingerprint density at radius 2 is 1.64 bits per heavy atom. The predicted octanol–water partition coefficient (Wildman–Crippen LogP) is 1.75. The average molecular weight is 405 g/mol. The Kier molecular flexibility index (Phi) is 7.53. The lowest BCUT2D eigenvalue weighted by molar-refractivity contribution is -0.116. The van der Waals surface area contributed by atoms with E-state index in [-0.39, 0.29) is 29.7 Å². The highest BCUT2D eigenvalue weighted by Gasteiger charge is 2.14. The summed E-state index contributed by atoms with van der Waals surface area (Å²) in [6, 6.07) is 12.4. The van der Waals surface area contributed by atoms with Crippen LogP contribution < -0.4 is 20.1 Å². The predicted molar refractivity (Wildman–Crippen MR) is 106 cm³/mol. The fourth-order valence-corrected chi connectivity index (χ4v) is 3.37. The summed E-state index contributed by atoms with van der Waals surface area (Å²) in [5.41, 5.74) is 0.996. The number of amides is 2. The fraction of sp³-hybridized carbons (Fsp3) is 0.263. The fourth-order valence-electron chi connectivity index (χ4n) is 2.34. The van der Waals surface area contributed by atoms with Gasteiger partial charge in [-0.3, -0.25) is 9.59 Å². The number of hydrogen-bond acceptors (Lipinski definition) is 5. The topological polar surface area (TPSA) is 114 Å². The van der Waals surface area contributed by atoms with Crippen LogP contribution in [0.15, 0.2) is 53.4 Å². The Bertz CT molecular complexity index is 910. The first kappa shape index (κ1) is 21.4. The molecule has 9 heteroatoms. The zero-order chi connectivity index (χ0) is 20.6. The minimum absolute atomic E-state index is 0.0343. The van der Waals surface area contributed by atoms with E-state index in [4.69, 9.17) is 4.74 Å². The van der Waals surface area contributed by atoms with Gasteiger partial charge in [-0.1, -0.05) is 0 Å². The third-order valence-corrected chi connectivity index (χ3v) is 5.22. The number of rotatable bonds is 9. The first-order chi connectivity index (χ1) is 13.4. The van der Waals surface area contributed by atoms with Crippen molar-refractivity contribution in [1.29, 1.82) is 0 Å². The second-order valence-corrected chi connectivity index (χ2v) is 7.52. The maximum Gasteiger partial charge on any atom is 0.251 e. The molecule has 0 spiro atoms. The molecular formula is C19H23N3O5S. The van der Waals surface area contributed by atoms with Crippen molar-refractivity contribution in [3.05, 3.63) is 54.1 Å². The number of benzene rings is 2. The van der Waals surface area contributed by atoms with Crippen molar-refractivity contribution in [3.8, 4) is 5.75 Å². The lowest BCUT2D eigenvalue weighted by Crippen LogP contribution is -2.27. The number of carbonyl (C=O) groups excluding carboxylic acids is 2. The molecule has 0 aliphatic rings. The van der Waals surface area contributed by atoms with E-state index in [0.29, 0.717) is 23.6 Å². The van der Waals surface area contributed by atoms with E-state index in [0.717, 1.165) is 0 Å². The van der Waals surface area contributed by atoms with Gasteiger partial charge in [-0.25, -0.2) is 13.1 Å². The van der Waals surface area contributed by atoms with Crippen LogP contribution in [-0.2, 0) is 14.8 Å². The van der Waals surface area contributed by atoms with Crippen molar-refractivity contribution in [2.24, 2.45) is 0 Å². The van der Waals surface area contributed by atoms with Crippen LogP contribution in [0, 0.1) is 0 Å². The molecule has 0 unspecified atom stereocenters. The highest BCUT2D eigenvalue weighted by Crippen LogP contribution is 2.16. The number of hydrogen-bond donors (Lipinski definition) is 3. The van der Waals surface area contributed by atoms with E-state index < -0.39 is 10.0 Å². The Balaban J connectivity index is 1.84. The van der Waals surface area contributed by atoms with Crippen LogP contribution in [0.3, 0.4) is 0 Å².